The minimum absolute atomic E-state index is 0.228. The molecule has 0 saturated heterocycles. The quantitative estimate of drug-likeness (QED) is 0.450. The van der Waals surface area contributed by atoms with Crippen molar-refractivity contribution < 1.29 is 4.74 Å². The van der Waals surface area contributed by atoms with Gasteiger partial charge in [0.05, 0.1) is 24.8 Å². The first-order chi connectivity index (χ1) is 14.1. The molecule has 8 heteroatoms. The highest BCUT2D eigenvalue weighted by atomic mass is 16.5. The van der Waals surface area contributed by atoms with Gasteiger partial charge in [-0.15, -0.1) is 0 Å². The Morgan fingerprint density at radius 3 is 2.83 bits per heavy atom. The highest BCUT2D eigenvalue weighted by Crippen LogP contribution is 2.16. The second kappa shape index (κ2) is 8.22. The van der Waals surface area contributed by atoms with E-state index >= 15 is 0 Å². The maximum atomic E-state index is 11.8. The van der Waals surface area contributed by atoms with E-state index in [1.165, 1.54) is 9.96 Å². The number of ether oxygens (including phenoxy) is 1. The summed E-state index contributed by atoms with van der Waals surface area (Å²) < 4.78 is 8.81. The molecule has 29 heavy (non-hydrogen) atoms. The number of benzene rings is 1. The van der Waals surface area contributed by atoms with Gasteiger partial charge in [0.2, 0.25) is 0 Å². The minimum atomic E-state index is -0.228. The summed E-state index contributed by atoms with van der Waals surface area (Å²) in [6, 6.07) is 10.1. The molecule has 0 amide bonds. The number of aromatic amines is 1. The molecule has 3 heterocycles. The van der Waals surface area contributed by atoms with Crippen molar-refractivity contribution in [3.8, 4) is 5.75 Å². The minimum Gasteiger partial charge on any atom is -0.497 e. The number of aryl methyl sites for hydroxylation is 2. The Hall–Kier alpha value is -3.55. The lowest BCUT2D eigenvalue weighted by molar-refractivity contribution is 0.414. The van der Waals surface area contributed by atoms with Crippen molar-refractivity contribution in [2.24, 2.45) is 0 Å². The summed E-state index contributed by atoms with van der Waals surface area (Å²) in [6.07, 6.45) is 7.53. The molecule has 8 nitrogen and oxygen atoms in total. The Labute approximate surface area is 168 Å². The SMILES string of the molecule is COc1ccc(Cn2cnc(CCCNc3cc(C)cn4c(=O)[nH]nc34)c2)cc1. The van der Waals surface area contributed by atoms with Crippen LogP contribution in [0.4, 0.5) is 5.69 Å². The lowest BCUT2D eigenvalue weighted by Gasteiger charge is -2.08. The lowest BCUT2D eigenvalue weighted by Crippen LogP contribution is -2.11. The zero-order chi connectivity index (χ0) is 20.2. The highest BCUT2D eigenvalue weighted by Gasteiger charge is 2.07. The van der Waals surface area contributed by atoms with Gasteiger partial charge in [-0.1, -0.05) is 12.1 Å². The Kier molecular flexibility index (Phi) is 5.33. The third-order valence-corrected chi connectivity index (χ3v) is 4.79. The molecular formula is C21H24N6O2. The van der Waals surface area contributed by atoms with Gasteiger partial charge in [0.25, 0.3) is 0 Å². The number of nitrogens with one attached hydrogen (secondary N) is 2. The number of rotatable bonds is 8. The number of methoxy groups -OCH3 is 1. The van der Waals surface area contributed by atoms with Crippen LogP contribution in [0.2, 0.25) is 0 Å². The van der Waals surface area contributed by atoms with E-state index in [4.69, 9.17) is 4.74 Å². The van der Waals surface area contributed by atoms with Gasteiger partial charge in [-0.25, -0.2) is 19.3 Å². The molecule has 0 bridgehead atoms. The molecule has 3 aromatic heterocycles. The molecule has 0 aliphatic rings. The summed E-state index contributed by atoms with van der Waals surface area (Å²) in [5.41, 5.74) is 4.51. The van der Waals surface area contributed by atoms with Gasteiger partial charge in [-0.05, 0) is 49.1 Å². The van der Waals surface area contributed by atoms with Crippen LogP contribution in [-0.2, 0) is 13.0 Å². The Morgan fingerprint density at radius 2 is 2.03 bits per heavy atom. The van der Waals surface area contributed by atoms with Crippen molar-refractivity contribution in [1.82, 2.24) is 24.1 Å². The van der Waals surface area contributed by atoms with Crippen LogP contribution < -0.4 is 15.7 Å². The van der Waals surface area contributed by atoms with Crippen molar-refractivity contribution >= 4 is 11.3 Å². The van der Waals surface area contributed by atoms with Crippen LogP contribution in [0.5, 0.6) is 5.75 Å². The average Bonchev–Trinajstić information content (AvgIpc) is 3.32. The van der Waals surface area contributed by atoms with E-state index in [0.717, 1.165) is 48.6 Å². The highest BCUT2D eigenvalue weighted by molar-refractivity contribution is 5.67. The van der Waals surface area contributed by atoms with Gasteiger partial charge in [-0.3, -0.25) is 0 Å². The largest absolute Gasteiger partial charge is 0.497 e. The van der Waals surface area contributed by atoms with Gasteiger partial charge >= 0.3 is 5.69 Å². The zero-order valence-electron chi connectivity index (χ0n) is 16.6. The summed E-state index contributed by atoms with van der Waals surface area (Å²) in [5, 5.41) is 9.96. The van der Waals surface area contributed by atoms with E-state index in [1.54, 1.807) is 13.3 Å². The predicted octanol–water partition coefficient (Wildman–Crippen LogP) is 2.63. The molecule has 2 N–H and O–H groups in total. The number of fused-ring (bicyclic) bond motifs is 1. The predicted molar refractivity (Wildman–Crippen MR) is 112 cm³/mol. The second-order valence-electron chi connectivity index (χ2n) is 7.07. The Bertz CT molecular complexity index is 1160. The molecule has 150 valence electrons. The molecule has 0 saturated carbocycles. The first kappa shape index (κ1) is 18.8. The van der Waals surface area contributed by atoms with Crippen LogP contribution in [0.25, 0.3) is 5.65 Å². The normalized spacial score (nSPS) is 11.1. The van der Waals surface area contributed by atoms with Crippen LogP contribution in [0.1, 0.15) is 23.2 Å². The number of hydrogen-bond donors (Lipinski definition) is 2. The molecule has 0 fully saturated rings. The van der Waals surface area contributed by atoms with Crippen LogP contribution in [0.15, 0.2) is 53.8 Å². The van der Waals surface area contributed by atoms with Crippen molar-refractivity contribution in [3.63, 3.8) is 0 Å². The molecule has 0 aliphatic carbocycles. The topological polar surface area (TPSA) is 89.2 Å². The van der Waals surface area contributed by atoms with Gasteiger partial charge in [-0.2, -0.15) is 5.10 Å². The number of H-pyrrole nitrogens is 1. The van der Waals surface area contributed by atoms with Crippen molar-refractivity contribution in [2.75, 3.05) is 19.0 Å². The molecule has 0 spiro atoms. The number of aromatic nitrogens is 5. The number of anilines is 1. The molecule has 0 atom stereocenters. The first-order valence-corrected chi connectivity index (χ1v) is 9.57. The number of pyridine rings is 1. The summed E-state index contributed by atoms with van der Waals surface area (Å²) >= 11 is 0. The lowest BCUT2D eigenvalue weighted by atomic mass is 10.2. The van der Waals surface area contributed by atoms with E-state index < -0.39 is 0 Å². The van der Waals surface area contributed by atoms with Gasteiger partial charge < -0.3 is 14.6 Å². The van der Waals surface area contributed by atoms with Crippen LogP contribution in [0.3, 0.4) is 0 Å². The first-order valence-electron chi connectivity index (χ1n) is 9.57. The van der Waals surface area contributed by atoms with E-state index in [0.29, 0.717) is 5.65 Å². The fraction of sp³-hybridized carbons (Fsp3) is 0.286. The molecule has 0 radical (unpaired) electrons. The second-order valence-corrected chi connectivity index (χ2v) is 7.07. The van der Waals surface area contributed by atoms with E-state index in [2.05, 4.69) is 43.4 Å². The van der Waals surface area contributed by atoms with Crippen LogP contribution in [0, 0.1) is 6.92 Å². The summed E-state index contributed by atoms with van der Waals surface area (Å²) in [7, 11) is 1.67. The molecule has 0 aliphatic heterocycles. The molecule has 0 unspecified atom stereocenters. The molecule has 1 aromatic carbocycles. The average molecular weight is 392 g/mol. The van der Waals surface area contributed by atoms with Crippen molar-refractivity contribution in [2.45, 2.75) is 26.3 Å². The van der Waals surface area contributed by atoms with Gasteiger partial charge in [0.15, 0.2) is 5.65 Å². The van der Waals surface area contributed by atoms with Gasteiger partial charge in [0.1, 0.15) is 5.75 Å². The zero-order valence-corrected chi connectivity index (χ0v) is 16.6. The fourth-order valence-corrected chi connectivity index (χ4v) is 3.33. The number of imidazole rings is 1. The van der Waals surface area contributed by atoms with Crippen molar-refractivity contribution in [1.29, 1.82) is 0 Å². The smallest absolute Gasteiger partial charge is 0.347 e. The van der Waals surface area contributed by atoms with E-state index in [1.807, 2.05) is 31.5 Å². The molecule has 4 rings (SSSR count). The summed E-state index contributed by atoms with van der Waals surface area (Å²) in [6.45, 7) is 3.51. The van der Waals surface area contributed by atoms with Gasteiger partial charge in [0, 0.05) is 25.5 Å². The van der Waals surface area contributed by atoms with Crippen molar-refractivity contribution in [3.05, 3.63) is 76.4 Å². The third-order valence-electron chi connectivity index (χ3n) is 4.79. The standard InChI is InChI=1S/C21H24N6O2/c1-15-10-19(20-24-25-21(28)27(20)11-15)22-9-3-4-17-13-26(14-23-17)12-16-5-7-18(29-2)8-6-16/h5-8,10-11,13-14,22H,3-4,9,12H2,1-2H3,(H,25,28). The Balaban J connectivity index is 1.31. The fourth-order valence-electron chi connectivity index (χ4n) is 3.33. The Morgan fingerprint density at radius 1 is 1.21 bits per heavy atom. The number of nitrogens with zero attached hydrogens (tertiary/aromatic N) is 4. The van der Waals surface area contributed by atoms with E-state index in [-0.39, 0.29) is 5.69 Å². The monoisotopic (exact) mass is 392 g/mol. The third kappa shape index (κ3) is 4.31. The van der Waals surface area contributed by atoms with Crippen LogP contribution in [-0.4, -0.2) is 37.8 Å². The summed E-state index contributed by atoms with van der Waals surface area (Å²) in [5.74, 6) is 0.859. The van der Waals surface area contributed by atoms with Crippen LogP contribution >= 0.6 is 0 Å². The van der Waals surface area contributed by atoms with E-state index in [9.17, 15) is 4.79 Å². The summed E-state index contributed by atoms with van der Waals surface area (Å²) in [4.78, 5) is 16.3. The molecular weight excluding hydrogens is 368 g/mol. The molecule has 4 aromatic rings. The maximum absolute atomic E-state index is 11.8. The maximum Gasteiger partial charge on any atom is 0.347 e. The number of hydrogen-bond acceptors (Lipinski definition) is 5.